The number of hydrogen-bond acceptors (Lipinski definition) is 6. The fourth-order valence-electron chi connectivity index (χ4n) is 3.34. The number of rotatable bonds is 4. The summed E-state index contributed by atoms with van der Waals surface area (Å²) in [6, 6.07) is 8.69. The normalized spacial score (nSPS) is 18.4. The molecule has 4 rings (SSSR count). The number of hydrogen-bond donors (Lipinski definition) is 1. The molecule has 27 heavy (non-hydrogen) atoms. The minimum atomic E-state index is -0.599. The van der Waals surface area contributed by atoms with Crippen LogP contribution in [0.1, 0.15) is 34.1 Å². The van der Waals surface area contributed by atoms with Gasteiger partial charge in [0.15, 0.2) is 13.2 Å². The molecule has 1 aromatic heterocycles. The second kappa shape index (κ2) is 7.40. The summed E-state index contributed by atoms with van der Waals surface area (Å²) in [5.74, 6) is -0.624. The van der Waals surface area contributed by atoms with E-state index in [1.165, 1.54) is 12.1 Å². The number of benzene rings is 1. The lowest BCUT2D eigenvalue weighted by atomic mass is 10.1. The maximum Gasteiger partial charge on any atom is 0.338 e. The molecule has 1 aromatic carbocycles. The summed E-state index contributed by atoms with van der Waals surface area (Å²) in [6.45, 7) is 0.282. The largest absolute Gasteiger partial charge is 0.482 e. The molecule has 2 aromatic rings. The predicted molar refractivity (Wildman–Crippen MR) is 98.9 cm³/mol. The lowest BCUT2D eigenvalue weighted by molar-refractivity contribution is -0.135. The number of fused-ring (bicyclic) bond motifs is 1. The Bertz CT molecular complexity index is 880. The van der Waals surface area contributed by atoms with Crippen molar-refractivity contribution in [3.8, 4) is 5.75 Å². The van der Waals surface area contributed by atoms with Gasteiger partial charge in [-0.3, -0.25) is 9.59 Å². The van der Waals surface area contributed by atoms with E-state index in [2.05, 4.69) is 5.32 Å². The molecule has 7 nitrogen and oxygen atoms in total. The summed E-state index contributed by atoms with van der Waals surface area (Å²) < 4.78 is 10.5. The minimum Gasteiger partial charge on any atom is -0.482 e. The average molecular weight is 386 g/mol. The van der Waals surface area contributed by atoms with E-state index in [0.717, 1.165) is 17.7 Å². The third kappa shape index (κ3) is 3.66. The van der Waals surface area contributed by atoms with Crippen LogP contribution in [0, 0.1) is 0 Å². The van der Waals surface area contributed by atoms with Crippen LogP contribution >= 0.6 is 11.3 Å². The standard InChI is InChI=1S/C19H18N2O5S/c22-17-10-25-15-9-12(5-6-13(15)20-17)19(24)26-11-18(23)21-7-1-3-14(21)16-4-2-8-27-16/h2,4-6,8-9,14H,1,3,7,10-11H2,(H,20,22)/t14-/m1/s1. The molecular formula is C19H18N2O5S. The van der Waals surface area contributed by atoms with Crippen LogP contribution in [0.5, 0.6) is 5.75 Å². The first-order chi connectivity index (χ1) is 13.1. The molecule has 1 atom stereocenters. The molecule has 2 aliphatic rings. The molecule has 1 saturated heterocycles. The second-order valence-electron chi connectivity index (χ2n) is 6.38. The van der Waals surface area contributed by atoms with Crippen LogP contribution in [0.15, 0.2) is 35.7 Å². The van der Waals surface area contributed by atoms with Crippen LogP contribution in [-0.2, 0) is 14.3 Å². The molecule has 0 aliphatic carbocycles. The van der Waals surface area contributed by atoms with Crippen molar-refractivity contribution in [2.24, 2.45) is 0 Å². The highest BCUT2D eigenvalue weighted by atomic mass is 32.1. The molecule has 0 saturated carbocycles. The maximum atomic E-state index is 12.5. The number of carbonyl (C=O) groups excluding carboxylic acids is 3. The smallest absolute Gasteiger partial charge is 0.338 e. The van der Waals surface area contributed by atoms with Crippen molar-refractivity contribution in [2.45, 2.75) is 18.9 Å². The lowest BCUT2D eigenvalue weighted by Gasteiger charge is -2.23. The van der Waals surface area contributed by atoms with Gasteiger partial charge in [0.25, 0.3) is 11.8 Å². The van der Waals surface area contributed by atoms with Crippen LogP contribution < -0.4 is 10.1 Å². The van der Waals surface area contributed by atoms with E-state index in [-0.39, 0.29) is 36.6 Å². The Kier molecular flexibility index (Phi) is 4.81. The van der Waals surface area contributed by atoms with Crippen LogP contribution in [0.4, 0.5) is 5.69 Å². The summed E-state index contributed by atoms with van der Waals surface area (Å²) in [6.07, 6.45) is 1.87. The van der Waals surface area contributed by atoms with Gasteiger partial charge < -0.3 is 19.7 Å². The fourth-order valence-corrected chi connectivity index (χ4v) is 4.21. The van der Waals surface area contributed by atoms with E-state index in [1.54, 1.807) is 22.3 Å². The number of nitrogens with zero attached hydrogens (tertiary/aromatic N) is 1. The number of carbonyl (C=O) groups is 3. The summed E-state index contributed by atoms with van der Waals surface area (Å²) >= 11 is 1.63. The zero-order valence-electron chi connectivity index (χ0n) is 14.5. The van der Waals surface area contributed by atoms with Crippen molar-refractivity contribution < 1.29 is 23.9 Å². The van der Waals surface area contributed by atoms with Gasteiger partial charge in [0.05, 0.1) is 17.3 Å². The molecule has 1 fully saturated rings. The summed E-state index contributed by atoms with van der Waals surface area (Å²) in [5.41, 5.74) is 0.781. The molecule has 0 bridgehead atoms. The topological polar surface area (TPSA) is 84.9 Å². The number of likely N-dealkylation sites (tertiary alicyclic amines) is 1. The van der Waals surface area contributed by atoms with Gasteiger partial charge >= 0.3 is 5.97 Å². The Balaban J connectivity index is 1.38. The SMILES string of the molecule is O=C1COc2cc(C(=O)OCC(=O)N3CCC[C@@H]3c3cccs3)ccc2N1. The van der Waals surface area contributed by atoms with Gasteiger partial charge in [-0.05, 0) is 42.5 Å². The van der Waals surface area contributed by atoms with Crippen molar-refractivity contribution in [1.82, 2.24) is 4.90 Å². The first-order valence-electron chi connectivity index (χ1n) is 8.68. The number of amides is 2. The fraction of sp³-hybridized carbons (Fsp3) is 0.316. The van der Waals surface area contributed by atoms with E-state index in [1.807, 2.05) is 17.5 Å². The van der Waals surface area contributed by atoms with Gasteiger partial charge in [-0.1, -0.05) is 6.07 Å². The molecule has 140 valence electrons. The molecule has 0 spiro atoms. The highest BCUT2D eigenvalue weighted by molar-refractivity contribution is 7.10. The number of esters is 1. The first-order valence-corrected chi connectivity index (χ1v) is 9.56. The summed E-state index contributed by atoms with van der Waals surface area (Å²) in [4.78, 5) is 39.1. The number of nitrogens with one attached hydrogen (secondary N) is 1. The summed E-state index contributed by atoms with van der Waals surface area (Å²) in [5, 5.41) is 4.65. The van der Waals surface area contributed by atoms with Gasteiger partial charge in [0, 0.05) is 11.4 Å². The van der Waals surface area contributed by atoms with Crippen molar-refractivity contribution >= 4 is 34.8 Å². The number of thiophene rings is 1. The molecule has 0 unspecified atom stereocenters. The number of anilines is 1. The Labute approximate surface area is 159 Å². The zero-order chi connectivity index (χ0) is 18.8. The van der Waals surface area contributed by atoms with Crippen LogP contribution in [0.25, 0.3) is 0 Å². The van der Waals surface area contributed by atoms with Gasteiger partial charge in [0.2, 0.25) is 0 Å². The summed E-state index contributed by atoms with van der Waals surface area (Å²) in [7, 11) is 0. The van der Waals surface area contributed by atoms with E-state index in [4.69, 9.17) is 9.47 Å². The third-order valence-corrected chi connectivity index (χ3v) is 5.60. The molecule has 2 amide bonds. The average Bonchev–Trinajstić information content (AvgIpc) is 3.36. The van der Waals surface area contributed by atoms with E-state index in [9.17, 15) is 14.4 Å². The van der Waals surface area contributed by atoms with Crippen LogP contribution in [0.3, 0.4) is 0 Å². The monoisotopic (exact) mass is 386 g/mol. The highest BCUT2D eigenvalue weighted by Crippen LogP contribution is 2.34. The molecule has 1 N–H and O–H groups in total. The molecular weight excluding hydrogens is 368 g/mol. The van der Waals surface area contributed by atoms with Crippen LogP contribution in [-0.4, -0.2) is 42.4 Å². The van der Waals surface area contributed by atoms with Gasteiger partial charge in [-0.15, -0.1) is 11.3 Å². The Morgan fingerprint density at radius 2 is 2.22 bits per heavy atom. The Hall–Kier alpha value is -2.87. The Morgan fingerprint density at radius 1 is 1.33 bits per heavy atom. The molecule has 8 heteroatoms. The maximum absolute atomic E-state index is 12.5. The van der Waals surface area contributed by atoms with Gasteiger partial charge in [0.1, 0.15) is 5.75 Å². The van der Waals surface area contributed by atoms with Crippen molar-refractivity contribution in [1.29, 1.82) is 0 Å². The van der Waals surface area contributed by atoms with Crippen molar-refractivity contribution in [2.75, 3.05) is 25.1 Å². The lowest BCUT2D eigenvalue weighted by Crippen LogP contribution is -2.34. The molecule has 3 heterocycles. The van der Waals surface area contributed by atoms with Crippen molar-refractivity contribution in [3.63, 3.8) is 0 Å². The van der Waals surface area contributed by atoms with E-state index < -0.39 is 5.97 Å². The van der Waals surface area contributed by atoms with Gasteiger partial charge in [-0.2, -0.15) is 0 Å². The third-order valence-electron chi connectivity index (χ3n) is 4.62. The quantitative estimate of drug-likeness (QED) is 0.817. The first kappa shape index (κ1) is 17.5. The predicted octanol–water partition coefficient (Wildman–Crippen LogP) is 2.60. The molecule has 0 radical (unpaired) electrons. The van der Waals surface area contributed by atoms with E-state index in [0.29, 0.717) is 18.0 Å². The zero-order valence-corrected chi connectivity index (χ0v) is 15.3. The second-order valence-corrected chi connectivity index (χ2v) is 7.36. The Morgan fingerprint density at radius 3 is 3.04 bits per heavy atom. The van der Waals surface area contributed by atoms with Gasteiger partial charge in [-0.25, -0.2) is 4.79 Å². The molecule has 2 aliphatic heterocycles. The number of ether oxygens (including phenoxy) is 2. The highest BCUT2D eigenvalue weighted by Gasteiger charge is 2.31. The van der Waals surface area contributed by atoms with Crippen LogP contribution in [0.2, 0.25) is 0 Å². The minimum absolute atomic E-state index is 0.0666. The van der Waals surface area contributed by atoms with Crippen molar-refractivity contribution in [3.05, 3.63) is 46.2 Å². The van der Waals surface area contributed by atoms with E-state index >= 15 is 0 Å².